The van der Waals surface area contributed by atoms with Crippen LogP contribution in [0.4, 0.5) is 15.9 Å². The van der Waals surface area contributed by atoms with Gasteiger partial charge in [0.1, 0.15) is 11.6 Å². The molecule has 1 aliphatic carbocycles. The van der Waals surface area contributed by atoms with E-state index < -0.39 is 10.0 Å². The SMILES string of the molecule is CS(=O)(=O)Nc1ccc(-c2ccc(NC3(c4ccc(F)cc4)CCC3)nn2)cc1. The molecule has 0 atom stereocenters. The number of nitrogens with zero attached hydrogens (tertiary/aromatic N) is 2. The third-order valence-corrected chi connectivity index (χ3v) is 5.73. The first-order valence-electron chi connectivity index (χ1n) is 9.29. The molecule has 0 spiro atoms. The molecule has 1 saturated carbocycles. The minimum absolute atomic E-state index is 0.233. The van der Waals surface area contributed by atoms with Gasteiger partial charge < -0.3 is 5.32 Å². The minimum atomic E-state index is -3.31. The molecule has 6 nitrogen and oxygen atoms in total. The van der Waals surface area contributed by atoms with E-state index in [0.29, 0.717) is 17.2 Å². The number of rotatable bonds is 6. The van der Waals surface area contributed by atoms with E-state index in [4.69, 9.17) is 0 Å². The van der Waals surface area contributed by atoms with Crippen LogP contribution in [0, 0.1) is 5.82 Å². The fourth-order valence-corrected chi connectivity index (χ4v) is 4.07. The topological polar surface area (TPSA) is 84.0 Å². The third-order valence-electron chi connectivity index (χ3n) is 5.12. The van der Waals surface area contributed by atoms with Crippen LogP contribution in [-0.4, -0.2) is 24.9 Å². The van der Waals surface area contributed by atoms with Gasteiger partial charge in [-0.25, -0.2) is 12.8 Å². The number of hydrogen-bond donors (Lipinski definition) is 2. The minimum Gasteiger partial charge on any atom is -0.359 e. The van der Waals surface area contributed by atoms with E-state index >= 15 is 0 Å². The summed E-state index contributed by atoms with van der Waals surface area (Å²) in [6.07, 6.45) is 4.12. The van der Waals surface area contributed by atoms with Crippen molar-refractivity contribution >= 4 is 21.5 Å². The Hall–Kier alpha value is -3.00. The van der Waals surface area contributed by atoms with Crippen LogP contribution in [0.2, 0.25) is 0 Å². The van der Waals surface area contributed by atoms with Crippen molar-refractivity contribution in [2.45, 2.75) is 24.8 Å². The van der Waals surface area contributed by atoms with Crippen LogP contribution >= 0.6 is 0 Å². The van der Waals surface area contributed by atoms with Crippen molar-refractivity contribution in [2.24, 2.45) is 0 Å². The summed E-state index contributed by atoms with van der Waals surface area (Å²) >= 11 is 0. The van der Waals surface area contributed by atoms with Crippen LogP contribution in [0.15, 0.2) is 60.7 Å². The molecule has 0 saturated heterocycles. The predicted molar refractivity (Wildman–Crippen MR) is 111 cm³/mol. The largest absolute Gasteiger partial charge is 0.359 e. The van der Waals surface area contributed by atoms with Crippen molar-refractivity contribution < 1.29 is 12.8 Å². The number of hydrogen-bond acceptors (Lipinski definition) is 5. The molecule has 3 aromatic rings. The summed E-state index contributed by atoms with van der Waals surface area (Å²) in [5.41, 5.74) is 2.83. The van der Waals surface area contributed by atoms with Crippen molar-refractivity contribution in [3.05, 3.63) is 72.0 Å². The second-order valence-electron chi connectivity index (χ2n) is 7.32. The van der Waals surface area contributed by atoms with Crippen molar-refractivity contribution in [3.8, 4) is 11.3 Å². The van der Waals surface area contributed by atoms with E-state index in [9.17, 15) is 12.8 Å². The van der Waals surface area contributed by atoms with Crippen molar-refractivity contribution in [2.75, 3.05) is 16.3 Å². The molecule has 0 amide bonds. The third kappa shape index (κ3) is 4.37. The Labute approximate surface area is 169 Å². The highest BCUT2D eigenvalue weighted by molar-refractivity contribution is 7.92. The Morgan fingerprint density at radius 2 is 1.62 bits per heavy atom. The first-order valence-corrected chi connectivity index (χ1v) is 11.2. The monoisotopic (exact) mass is 412 g/mol. The van der Waals surface area contributed by atoms with Crippen molar-refractivity contribution in [3.63, 3.8) is 0 Å². The average Bonchev–Trinajstić information content (AvgIpc) is 2.65. The highest BCUT2D eigenvalue weighted by atomic mass is 32.2. The molecule has 1 aromatic heterocycles. The fourth-order valence-electron chi connectivity index (χ4n) is 3.51. The number of anilines is 2. The highest BCUT2D eigenvalue weighted by Gasteiger charge is 2.39. The number of nitrogens with one attached hydrogen (secondary N) is 2. The normalized spacial score (nSPS) is 15.4. The zero-order valence-corrected chi connectivity index (χ0v) is 16.7. The van der Waals surface area contributed by atoms with Crippen molar-refractivity contribution in [1.29, 1.82) is 0 Å². The van der Waals surface area contributed by atoms with Crippen LogP contribution in [0.3, 0.4) is 0 Å². The van der Waals surface area contributed by atoms with Crippen LogP contribution in [-0.2, 0) is 15.6 Å². The quantitative estimate of drug-likeness (QED) is 0.636. The molecule has 1 aliphatic rings. The van der Waals surface area contributed by atoms with Gasteiger partial charge >= 0.3 is 0 Å². The molecule has 4 rings (SSSR count). The highest BCUT2D eigenvalue weighted by Crippen LogP contribution is 2.43. The summed E-state index contributed by atoms with van der Waals surface area (Å²) in [6.45, 7) is 0. The zero-order chi connectivity index (χ0) is 20.5. The standard InChI is InChI=1S/C21H21FN4O2S/c1-29(27,28)26-18-9-3-15(4-10-18)19-11-12-20(25-24-19)23-21(13-2-14-21)16-5-7-17(22)8-6-16/h3-12,26H,2,13-14H2,1H3,(H,23,25). The first kappa shape index (κ1) is 19.3. The van der Waals surface area contributed by atoms with Gasteiger partial charge in [-0.1, -0.05) is 24.3 Å². The summed E-state index contributed by atoms with van der Waals surface area (Å²) < 4.78 is 38.3. The summed E-state index contributed by atoms with van der Waals surface area (Å²) in [5, 5.41) is 12.1. The number of aromatic nitrogens is 2. The van der Waals surface area contributed by atoms with Crippen LogP contribution in [0.5, 0.6) is 0 Å². The Bertz CT molecular complexity index is 1090. The molecule has 0 unspecified atom stereocenters. The molecule has 1 heterocycles. The maximum atomic E-state index is 13.3. The average molecular weight is 412 g/mol. The number of benzene rings is 2. The van der Waals surface area contributed by atoms with E-state index in [1.54, 1.807) is 24.3 Å². The van der Waals surface area contributed by atoms with Gasteiger partial charge in [0.05, 0.1) is 17.5 Å². The summed E-state index contributed by atoms with van der Waals surface area (Å²) in [4.78, 5) is 0. The molecule has 0 aliphatic heterocycles. The molecule has 8 heteroatoms. The number of sulfonamides is 1. The Kier molecular flexibility index (Phi) is 4.96. The van der Waals surface area contributed by atoms with E-state index in [1.165, 1.54) is 12.1 Å². The smallest absolute Gasteiger partial charge is 0.229 e. The molecular weight excluding hydrogens is 391 g/mol. The van der Waals surface area contributed by atoms with Gasteiger partial charge in [-0.05, 0) is 61.2 Å². The van der Waals surface area contributed by atoms with Crippen LogP contribution in [0.1, 0.15) is 24.8 Å². The van der Waals surface area contributed by atoms with Gasteiger partial charge in [0.15, 0.2) is 0 Å². The lowest BCUT2D eigenvalue weighted by molar-refractivity contribution is 0.283. The maximum absolute atomic E-state index is 13.3. The van der Waals surface area contributed by atoms with E-state index in [2.05, 4.69) is 20.2 Å². The molecule has 2 N–H and O–H groups in total. The van der Waals surface area contributed by atoms with Gasteiger partial charge in [-0.2, -0.15) is 0 Å². The van der Waals surface area contributed by atoms with E-state index in [-0.39, 0.29) is 11.4 Å². The van der Waals surface area contributed by atoms with Gasteiger partial charge in [0.2, 0.25) is 10.0 Å². The zero-order valence-electron chi connectivity index (χ0n) is 15.9. The van der Waals surface area contributed by atoms with Gasteiger partial charge in [-0.15, -0.1) is 10.2 Å². The molecule has 0 bridgehead atoms. The first-order chi connectivity index (χ1) is 13.8. The van der Waals surface area contributed by atoms with Gasteiger partial charge in [-0.3, -0.25) is 4.72 Å². The van der Waals surface area contributed by atoms with Crippen LogP contribution in [0.25, 0.3) is 11.3 Å². The molecule has 0 radical (unpaired) electrons. The maximum Gasteiger partial charge on any atom is 0.229 e. The second-order valence-corrected chi connectivity index (χ2v) is 9.07. The Balaban J connectivity index is 1.50. The second kappa shape index (κ2) is 7.44. The summed E-state index contributed by atoms with van der Waals surface area (Å²) in [6, 6.07) is 17.3. The Morgan fingerprint density at radius 3 is 2.14 bits per heavy atom. The van der Waals surface area contributed by atoms with Gasteiger partial charge in [0, 0.05) is 11.3 Å². The fraction of sp³-hybridized carbons (Fsp3) is 0.238. The predicted octanol–water partition coefficient (Wildman–Crippen LogP) is 4.15. The lowest BCUT2D eigenvalue weighted by Crippen LogP contribution is -2.42. The number of halogens is 1. The van der Waals surface area contributed by atoms with E-state index in [1.807, 2.05) is 24.3 Å². The summed E-state index contributed by atoms with van der Waals surface area (Å²) in [5.74, 6) is 0.415. The molecule has 1 fully saturated rings. The lowest BCUT2D eigenvalue weighted by atomic mass is 9.72. The molecular formula is C21H21FN4O2S. The Morgan fingerprint density at radius 1 is 0.931 bits per heavy atom. The lowest BCUT2D eigenvalue weighted by Gasteiger charge is -2.43. The molecule has 29 heavy (non-hydrogen) atoms. The van der Waals surface area contributed by atoms with Gasteiger partial charge in [0.25, 0.3) is 0 Å². The van der Waals surface area contributed by atoms with Crippen molar-refractivity contribution in [1.82, 2.24) is 10.2 Å². The molecule has 150 valence electrons. The summed E-state index contributed by atoms with van der Waals surface area (Å²) in [7, 11) is -3.31. The van der Waals surface area contributed by atoms with Crippen LogP contribution < -0.4 is 10.0 Å². The molecule has 2 aromatic carbocycles. The van der Waals surface area contributed by atoms with E-state index in [0.717, 1.165) is 36.6 Å².